The zero-order chi connectivity index (χ0) is 12.7. The number of halogens is 1. The highest BCUT2D eigenvalue weighted by molar-refractivity contribution is 5.77. The summed E-state index contributed by atoms with van der Waals surface area (Å²) in [7, 11) is 3.39. The summed E-state index contributed by atoms with van der Waals surface area (Å²) in [6, 6.07) is 6.25. The highest BCUT2D eigenvalue weighted by Crippen LogP contribution is 2.14. The van der Waals surface area contributed by atoms with Gasteiger partial charge in [0.2, 0.25) is 5.91 Å². The van der Waals surface area contributed by atoms with E-state index < -0.39 is 0 Å². The smallest absolute Gasteiger partial charge is 0.233 e. The Kier molecular flexibility index (Phi) is 5.42. The first-order valence-electron chi connectivity index (χ1n) is 5.40. The summed E-state index contributed by atoms with van der Waals surface area (Å²) in [5.74, 6) is -0.194. The van der Waals surface area contributed by atoms with Crippen LogP contribution in [0.5, 0.6) is 5.75 Å². The molecular formula is C12H17FN2O2. The predicted molar refractivity (Wildman–Crippen MR) is 63.5 cm³/mol. The van der Waals surface area contributed by atoms with E-state index in [9.17, 15) is 9.18 Å². The Morgan fingerprint density at radius 1 is 1.47 bits per heavy atom. The van der Waals surface area contributed by atoms with Gasteiger partial charge >= 0.3 is 0 Å². The number of nitrogens with one attached hydrogen (secondary N) is 1. The number of ether oxygens (including phenoxy) is 1. The first kappa shape index (κ1) is 13.4. The van der Waals surface area contributed by atoms with Gasteiger partial charge in [0.25, 0.3) is 0 Å². The van der Waals surface area contributed by atoms with Crippen LogP contribution in [0.3, 0.4) is 0 Å². The van der Waals surface area contributed by atoms with Gasteiger partial charge in [-0.05, 0) is 19.2 Å². The molecule has 4 nitrogen and oxygen atoms in total. The molecule has 1 aromatic rings. The molecule has 17 heavy (non-hydrogen) atoms. The average molecular weight is 240 g/mol. The third-order valence-electron chi connectivity index (χ3n) is 2.26. The van der Waals surface area contributed by atoms with Gasteiger partial charge in [-0.25, -0.2) is 4.39 Å². The van der Waals surface area contributed by atoms with Gasteiger partial charge in [-0.3, -0.25) is 9.69 Å². The molecule has 0 fully saturated rings. The summed E-state index contributed by atoms with van der Waals surface area (Å²) in [6.07, 6.45) is 0. The number of nitrogens with zero attached hydrogens (tertiary/aromatic N) is 1. The molecule has 5 heteroatoms. The van der Waals surface area contributed by atoms with Crippen molar-refractivity contribution in [1.82, 2.24) is 10.2 Å². The molecule has 0 aliphatic carbocycles. The molecule has 0 bridgehead atoms. The Labute approximate surface area is 100 Å². The number of likely N-dealkylation sites (N-methyl/N-ethyl adjacent to an activating group) is 2. The first-order chi connectivity index (χ1) is 8.13. The van der Waals surface area contributed by atoms with Gasteiger partial charge in [0.15, 0.2) is 11.6 Å². The van der Waals surface area contributed by atoms with Gasteiger partial charge in [0.1, 0.15) is 6.61 Å². The monoisotopic (exact) mass is 240 g/mol. The largest absolute Gasteiger partial charge is 0.489 e. The van der Waals surface area contributed by atoms with Crippen LogP contribution in [-0.4, -0.2) is 44.6 Å². The van der Waals surface area contributed by atoms with E-state index in [-0.39, 0.29) is 17.5 Å². The highest BCUT2D eigenvalue weighted by atomic mass is 19.1. The zero-order valence-electron chi connectivity index (χ0n) is 10.1. The number of rotatable bonds is 6. The number of amides is 1. The van der Waals surface area contributed by atoms with Crippen molar-refractivity contribution in [2.45, 2.75) is 0 Å². The molecule has 0 aliphatic rings. The molecule has 1 rings (SSSR count). The number of benzene rings is 1. The topological polar surface area (TPSA) is 41.6 Å². The van der Waals surface area contributed by atoms with E-state index in [4.69, 9.17) is 4.74 Å². The molecular weight excluding hydrogens is 223 g/mol. The molecule has 0 atom stereocenters. The minimum absolute atomic E-state index is 0.0570. The van der Waals surface area contributed by atoms with Crippen LogP contribution in [0.2, 0.25) is 0 Å². The number of carbonyl (C=O) groups excluding carboxylic acids is 1. The number of carbonyl (C=O) groups is 1. The van der Waals surface area contributed by atoms with E-state index in [0.717, 1.165) is 0 Å². The minimum Gasteiger partial charge on any atom is -0.489 e. The first-order valence-corrected chi connectivity index (χ1v) is 5.40. The summed E-state index contributed by atoms with van der Waals surface area (Å²) >= 11 is 0. The van der Waals surface area contributed by atoms with Crippen LogP contribution in [0, 0.1) is 5.82 Å². The van der Waals surface area contributed by atoms with Crippen molar-refractivity contribution in [3.63, 3.8) is 0 Å². The van der Waals surface area contributed by atoms with Gasteiger partial charge in [-0.1, -0.05) is 12.1 Å². The summed E-state index contributed by atoms with van der Waals surface area (Å²) in [5.41, 5.74) is 0. The van der Waals surface area contributed by atoms with E-state index in [0.29, 0.717) is 19.7 Å². The number of para-hydroxylation sites is 1. The number of hydrogen-bond donors (Lipinski definition) is 1. The van der Waals surface area contributed by atoms with Gasteiger partial charge in [0.05, 0.1) is 6.54 Å². The molecule has 0 spiro atoms. The van der Waals surface area contributed by atoms with Gasteiger partial charge in [-0.15, -0.1) is 0 Å². The molecule has 1 N–H and O–H groups in total. The van der Waals surface area contributed by atoms with E-state index >= 15 is 0 Å². The Balaban J connectivity index is 2.28. The highest BCUT2D eigenvalue weighted by Gasteiger charge is 2.05. The van der Waals surface area contributed by atoms with E-state index in [1.54, 1.807) is 37.2 Å². The van der Waals surface area contributed by atoms with Gasteiger partial charge in [0, 0.05) is 13.6 Å². The standard InChI is InChI=1S/C12H17FN2O2/c1-14-12(16)9-15(2)7-8-17-11-6-4-3-5-10(11)13/h3-6H,7-9H2,1-2H3,(H,14,16). The lowest BCUT2D eigenvalue weighted by Crippen LogP contribution is -2.35. The molecule has 1 amide bonds. The molecule has 94 valence electrons. The maximum absolute atomic E-state index is 13.2. The Hall–Kier alpha value is -1.62. The quantitative estimate of drug-likeness (QED) is 0.802. The molecule has 0 aliphatic heterocycles. The zero-order valence-corrected chi connectivity index (χ0v) is 10.1. The summed E-state index contributed by atoms with van der Waals surface area (Å²) < 4.78 is 18.5. The van der Waals surface area contributed by atoms with E-state index in [1.165, 1.54) is 6.07 Å². The van der Waals surface area contributed by atoms with Crippen molar-refractivity contribution >= 4 is 5.91 Å². The van der Waals surface area contributed by atoms with E-state index in [2.05, 4.69) is 5.32 Å². The lowest BCUT2D eigenvalue weighted by molar-refractivity contribution is -0.121. The molecule has 0 radical (unpaired) electrons. The van der Waals surface area contributed by atoms with Crippen LogP contribution in [-0.2, 0) is 4.79 Å². The van der Waals surface area contributed by atoms with Crippen LogP contribution >= 0.6 is 0 Å². The summed E-state index contributed by atoms with van der Waals surface area (Å²) in [6.45, 7) is 1.20. The maximum atomic E-state index is 13.2. The molecule has 1 aromatic carbocycles. The van der Waals surface area contributed by atoms with Gasteiger partial charge in [-0.2, -0.15) is 0 Å². The Morgan fingerprint density at radius 3 is 2.82 bits per heavy atom. The van der Waals surface area contributed by atoms with Crippen LogP contribution in [0.15, 0.2) is 24.3 Å². The number of hydrogen-bond acceptors (Lipinski definition) is 3. The third kappa shape index (κ3) is 4.82. The second kappa shape index (κ2) is 6.85. The second-order valence-corrected chi connectivity index (χ2v) is 3.69. The summed E-state index contributed by atoms with van der Waals surface area (Å²) in [5, 5.41) is 2.53. The van der Waals surface area contributed by atoms with Crippen LogP contribution in [0.1, 0.15) is 0 Å². The molecule has 0 saturated carbocycles. The van der Waals surface area contributed by atoms with E-state index in [1.807, 2.05) is 0 Å². The van der Waals surface area contributed by atoms with Crippen molar-refractivity contribution in [3.05, 3.63) is 30.1 Å². The summed E-state index contributed by atoms with van der Waals surface area (Å²) in [4.78, 5) is 12.9. The normalized spacial score (nSPS) is 10.4. The average Bonchev–Trinajstić information content (AvgIpc) is 2.31. The molecule has 0 aromatic heterocycles. The van der Waals surface area contributed by atoms with Crippen molar-refractivity contribution in [3.8, 4) is 5.75 Å². The van der Waals surface area contributed by atoms with Crippen molar-refractivity contribution in [2.24, 2.45) is 0 Å². The van der Waals surface area contributed by atoms with Gasteiger partial charge < -0.3 is 10.1 Å². The molecule has 0 saturated heterocycles. The van der Waals surface area contributed by atoms with Crippen LogP contribution in [0.4, 0.5) is 4.39 Å². The van der Waals surface area contributed by atoms with Crippen LogP contribution in [0.25, 0.3) is 0 Å². The SMILES string of the molecule is CNC(=O)CN(C)CCOc1ccccc1F. The Morgan fingerprint density at radius 2 is 2.18 bits per heavy atom. The maximum Gasteiger partial charge on any atom is 0.233 e. The fraction of sp³-hybridized carbons (Fsp3) is 0.417. The fourth-order valence-corrected chi connectivity index (χ4v) is 1.28. The van der Waals surface area contributed by atoms with Crippen molar-refractivity contribution in [1.29, 1.82) is 0 Å². The van der Waals surface area contributed by atoms with Crippen LogP contribution < -0.4 is 10.1 Å². The van der Waals surface area contributed by atoms with Crippen molar-refractivity contribution in [2.75, 3.05) is 33.8 Å². The second-order valence-electron chi connectivity index (χ2n) is 3.69. The lowest BCUT2D eigenvalue weighted by Gasteiger charge is -2.15. The predicted octanol–water partition coefficient (Wildman–Crippen LogP) is 0.882. The lowest BCUT2D eigenvalue weighted by atomic mass is 10.3. The Bertz CT molecular complexity index is 371. The minimum atomic E-state index is -0.374. The van der Waals surface area contributed by atoms with Crippen molar-refractivity contribution < 1.29 is 13.9 Å². The fourth-order valence-electron chi connectivity index (χ4n) is 1.28. The third-order valence-corrected chi connectivity index (χ3v) is 2.26. The molecule has 0 unspecified atom stereocenters. The molecule has 0 heterocycles.